The SMILES string of the molecule is CN1CCC(N2CC(=O)N3[C@H](C[C@@H](C(=O)N(C)C)[C@H]3c3ccccc3)C2)CC1. The van der Waals surface area contributed by atoms with Crippen LogP contribution in [0.2, 0.25) is 0 Å². The molecule has 3 saturated heterocycles. The molecule has 3 atom stereocenters. The molecule has 6 heteroatoms. The Morgan fingerprint density at radius 2 is 1.75 bits per heavy atom. The zero-order valence-electron chi connectivity index (χ0n) is 17.3. The van der Waals surface area contributed by atoms with E-state index in [1.54, 1.807) is 4.90 Å². The first-order valence-corrected chi connectivity index (χ1v) is 10.5. The molecule has 3 heterocycles. The van der Waals surface area contributed by atoms with Crippen molar-refractivity contribution in [3.8, 4) is 0 Å². The van der Waals surface area contributed by atoms with Crippen LogP contribution in [0.5, 0.6) is 0 Å². The predicted molar refractivity (Wildman–Crippen MR) is 109 cm³/mol. The number of piperidine rings is 1. The summed E-state index contributed by atoms with van der Waals surface area (Å²) in [7, 11) is 5.79. The molecule has 152 valence electrons. The molecule has 4 rings (SSSR count). The number of rotatable bonds is 3. The van der Waals surface area contributed by atoms with Crippen LogP contribution >= 0.6 is 0 Å². The lowest BCUT2D eigenvalue weighted by Crippen LogP contribution is -2.58. The Morgan fingerprint density at radius 1 is 1.07 bits per heavy atom. The van der Waals surface area contributed by atoms with Gasteiger partial charge in [0.2, 0.25) is 11.8 Å². The number of nitrogens with zero attached hydrogens (tertiary/aromatic N) is 4. The van der Waals surface area contributed by atoms with Crippen molar-refractivity contribution in [2.45, 2.75) is 37.4 Å². The van der Waals surface area contributed by atoms with Crippen molar-refractivity contribution >= 4 is 11.8 Å². The van der Waals surface area contributed by atoms with Crippen LogP contribution < -0.4 is 0 Å². The van der Waals surface area contributed by atoms with E-state index in [2.05, 4.69) is 29.0 Å². The number of carbonyl (C=O) groups excluding carboxylic acids is 2. The van der Waals surface area contributed by atoms with Gasteiger partial charge in [0.15, 0.2) is 0 Å². The van der Waals surface area contributed by atoms with Gasteiger partial charge in [-0.2, -0.15) is 0 Å². The number of piperazine rings is 1. The Balaban J connectivity index is 1.58. The van der Waals surface area contributed by atoms with Gasteiger partial charge in [0.25, 0.3) is 0 Å². The third-order valence-electron chi connectivity index (χ3n) is 6.78. The summed E-state index contributed by atoms with van der Waals surface area (Å²) >= 11 is 0. The van der Waals surface area contributed by atoms with Crippen LogP contribution in [-0.2, 0) is 9.59 Å². The number of amides is 2. The van der Waals surface area contributed by atoms with Crippen molar-refractivity contribution in [1.82, 2.24) is 19.6 Å². The second-order valence-corrected chi connectivity index (χ2v) is 8.85. The lowest BCUT2D eigenvalue weighted by molar-refractivity contribution is -0.143. The largest absolute Gasteiger partial charge is 0.349 e. The van der Waals surface area contributed by atoms with E-state index in [1.165, 1.54) is 0 Å². The number of carbonyl (C=O) groups is 2. The molecule has 0 spiro atoms. The van der Waals surface area contributed by atoms with Crippen molar-refractivity contribution in [3.05, 3.63) is 35.9 Å². The van der Waals surface area contributed by atoms with Crippen LogP contribution in [0.1, 0.15) is 30.9 Å². The topological polar surface area (TPSA) is 47.1 Å². The van der Waals surface area contributed by atoms with Gasteiger partial charge in [-0.25, -0.2) is 0 Å². The molecule has 3 aliphatic heterocycles. The highest BCUT2D eigenvalue weighted by Gasteiger charge is 2.51. The van der Waals surface area contributed by atoms with Crippen molar-refractivity contribution in [3.63, 3.8) is 0 Å². The van der Waals surface area contributed by atoms with Crippen molar-refractivity contribution in [1.29, 1.82) is 0 Å². The van der Waals surface area contributed by atoms with Gasteiger partial charge in [-0.15, -0.1) is 0 Å². The summed E-state index contributed by atoms with van der Waals surface area (Å²) < 4.78 is 0. The number of fused-ring (bicyclic) bond motifs is 1. The Labute approximate surface area is 168 Å². The first kappa shape index (κ1) is 19.4. The molecule has 0 radical (unpaired) electrons. The minimum atomic E-state index is -0.163. The summed E-state index contributed by atoms with van der Waals surface area (Å²) in [5.74, 6) is 0.142. The third-order valence-corrected chi connectivity index (χ3v) is 6.78. The van der Waals surface area contributed by atoms with E-state index in [0.29, 0.717) is 12.6 Å². The Kier molecular flexibility index (Phi) is 5.43. The summed E-state index contributed by atoms with van der Waals surface area (Å²) in [6.45, 7) is 3.56. The summed E-state index contributed by atoms with van der Waals surface area (Å²) in [4.78, 5) is 34.7. The minimum Gasteiger partial charge on any atom is -0.349 e. The molecule has 1 aromatic rings. The molecule has 0 N–H and O–H groups in total. The van der Waals surface area contributed by atoms with E-state index in [0.717, 1.165) is 44.5 Å². The average molecular weight is 385 g/mol. The average Bonchev–Trinajstić information content (AvgIpc) is 3.08. The van der Waals surface area contributed by atoms with E-state index in [4.69, 9.17) is 0 Å². The van der Waals surface area contributed by atoms with Gasteiger partial charge in [-0.05, 0) is 45.0 Å². The molecule has 0 saturated carbocycles. The summed E-state index contributed by atoms with van der Waals surface area (Å²) in [6, 6.07) is 10.6. The molecule has 6 nitrogen and oxygen atoms in total. The van der Waals surface area contributed by atoms with Crippen molar-refractivity contribution in [2.75, 3.05) is 47.3 Å². The third kappa shape index (κ3) is 3.55. The van der Waals surface area contributed by atoms with Crippen LogP contribution in [0, 0.1) is 5.92 Å². The number of hydrogen-bond acceptors (Lipinski definition) is 4. The molecular formula is C22H32N4O2. The monoisotopic (exact) mass is 384 g/mol. The van der Waals surface area contributed by atoms with E-state index in [-0.39, 0.29) is 29.8 Å². The fourth-order valence-electron chi connectivity index (χ4n) is 5.32. The fraction of sp³-hybridized carbons (Fsp3) is 0.636. The molecular weight excluding hydrogens is 352 g/mol. The highest BCUT2D eigenvalue weighted by Crippen LogP contribution is 2.44. The second-order valence-electron chi connectivity index (χ2n) is 8.85. The molecule has 0 aliphatic carbocycles. The first-order valence-electron chi connectivity index (χ1n) is 10.5. The quantitative estimate of drug-likeness (QED) is 0.791. The standard InChI is InChI=1S/C22H32N4O2/c1-23(2)22(28)19-13-18-14-25(17-9-11-24(3)12-10-17)15-20(27)26(18)21(19)16-7-5-4-6-8-16/h4-8,17-19,21H,9-15H2,1-3H3/t18-,19-,21-/m1/s1. The molecule has 3 aliphatic rings. The molecule has 0 aromatic heterocycles. The van der Waals surface area contributed by atoms with E-state index in [1.807, 2.05) is 37.2 Å². The predicted octanol–water partition coefficient (Wildman–Crippen LogP) is 1.44. The number of hydrogen-bond donors (Lipinski definition) is 0. The van der Waals surface area contributed by atoms with Gasteiger partial charge in [-0.1, -0.05) is 30.3 Å². The van der Waals surface area contributed by atoms with Crippen LogP contribution in [0.15, 0.2) is 30.3 Å². The number of benzene rings is 1. The Hall–Kier alpha value is -1.92. The normalized spacial score (nSPS) is 29.8. The molecule has 3 fully saturated rings. The molecule has 0 bridgehead atoms. The maximum Gasteiger partial charge on any atom is 0.237 e. The Bertz CT molecular complexity index is 715. The second kappa shape index (κ2) is 7.84. The van der Waals surface area contributed by atoms with Gasteiger partial charge in [0.05, 0.1) is 18.5 Å². The van der Waals surface area contributed by atoms with E-state index >= 15 is 0 Å². The van der Waals surface area contributed by atoms with Crippen molar-refractivity contribution < 1.29 is 9.59 Å². The van der Waals surface area contributed by atoms with Gasteiger partial charge in [0.1, 0.15) is 0 Å². The van der Waals surface area contributed by atoms with Gasteiger partial charge in [0, 0.05) is 32.7 Å². The van der Waals surface area contributed by atoms with Gasteiger partial charge < -0.3 is 14.7 Å². The molecule has 2 amide bonds. The van der Waals surface area contributed by atoms with Crippen LogP contribution in [0.3, 0.4) is 0 Å². The fourth-order valence-corrected chi connectivity index (χ4v) is 5.32. The maximum absolute atomic E-state index is 13.3. The first-order chi connectivity index (χ1) is 13.5. The van der Waals surface area contributed by atoms with Crippen LogP contribution in [0.4, 0.5) is 0 Å². The molecule has 28 heavy (non-hydrogen) atoms. The lowest BCUT2D eigenvalue weighted by atomic mass is 9.92. The highest BCUT2D eigenvalue weighted by molar-refractivity contribution is 5.85. The van der Waals surface area contributed by atoms with Crippen LogP contribution in [-0.4, -0.2) is 90.8 Å². The lowest BCUT2D eigenvalue weighted by Gasteiger charge is -2.45. The van der Waals surface area contributed by atoms with Gasteiger partial charge in [-0.3, -0.25) is 14.5 Å². The summed E-state index contributed by atoms with van der Waals surface area (Å²) in [6.07, 6.45) is 3.00. The van der Waals surface area contributed by atoms with E-state index < -0.39 is 0 Å². The maximum atomic E-state index is 13.3. The number of likely N-dealkylation sites (tertiary alicyclic amines) is 1. The smallest absolute Gasteiger partial charge is 0.237 e. The van der Waals surface area contributed by atoms with E-state index in [9.17, 15) is 9.59 Å². The highest BCUT2D eigenvalue weighted by atomic mass is 16.2. The van der Waals surface area contributed by atoms with Crippen LogP contribution in [0.25, 0.3) is 0 Å². The Morgan fingerprint density at radius 3 is 2.39 bits per heavy atom. The van der Waals surface area contributed by atoms with Gasteiger partial charge >= 0.3 is 0 Å². The van der Waals surface area contributed by atoms with Crippen molar-refractivity contribution in [2.24, 2.45) is 5.92 Å². The summed E-state index contributed by atoms with van der Waals surface area (Å²) in [5.41, 5.74) is 1.08. The molecule has 1 aromatic carbocycles. The zero-order valence-corrected chi connectivity index (χ0v) is 17.3. The zero-order chi connectivity index (χ0) is 19.8. The minimum absolute atomic E-state index is 0.125. The molecule has 0 unspecified atom stereocenters. The summed E-state index contributed by atoms with van der Waals surface area (Å²) in [5, 5.41) is 0.